The van der Waals surface area contributed by atoms with Crippen molar-refractivity contribution in [2.45, 2.75) is 37.6 Å². The van der Waals surface area contributed by atoms with E-state index < -0.39 is 5.97 Å². The van der Waals surface area contributed by atoms with Crippen LogP contribution in [0.3, 0.4) is 0 Å². The number of rotatable bonds is 7. The summed E-state index contributed by atoms with van der Waals surface area (Å²) in [6.45, 7) is 1.48. The van der Waals surface area contributed by atoms with Crippen molar-refractivity contribution in [1.82, 2.24) is 10.3 Å². The van der Waals surface area contributed by atoms with Crippen LogP contribution in [0.2, 0.25) is 0 Å². The van der Waals surface area contributed by atoms with Gasteiger partial charge in [0.1, 0.15) is 0 Å². The minimum absolute atomic E-state index is 0.108. The molecule has 1 saturated carbocycles. The topological polar surface area (TPSA) is 77.5 Å². The van der Waals surface area contributed by atoms with E-state index in [2.05, 4.69) is 70.0 Å². The maximum absolute atomic E-state index is 11.5. The molecule has 33 heavy (non-hydrogen) atoms. The highest BCUT2D eigenvalue weighted by Crippen LogP contribution is 2.37. The van der Waals surface area contributed by atoms with Gasteiger partial charge in [-0.3, -0.25) is 4.98 Å². The molecule has 1 fully saturated rings. The lowest BCUT2D eigenvalue weighted by molar-refractivity contribution is 0.0697. The van der Waals surface area contributed by atoms with Crippen molar-refractivity contribution in [1.29, 1.82) is 0 Å². The Balaban J connectivity index is 1.30. The first-order valence-corrected chi connectivity index (χ1v) is 11.7. The molecular formula is C27H30N4O2. The van der Waals surface area contributed by atoms with E-state index in [0.29, 0.717) is 12.2 Å². The van der Waals surface area contributed by atoms with Gasteiger partial charge in [0.15, 0.2) is 0 Å². The Labute approximate surface area is 194 Å². The van der Waals surface area contributed by atoms with Crippen LogP contribution in [0.5, 0.6) is 0 Å². The third-order valence-corrected chi connectivity index (χ3v) is 7.08. The van der Waals surface area contributed by atoms with Gasteiger partial charge in [0.05, 0.1) is 17.4 Å². The molecule has 5 rings (SSSR count). The van der Waals surface area contributed by atoms with Crippen LogP contribution < -0.4 is 15.5 Å². The molecule has 0 saturated heterocycles. The van der Waals surface area contributed by atoms with Crippen molar-refractivity contribution in [3.05, 3.63) is 83.2 Å². The highest BCUT2D eigenvalue weighted by atomic mass is 16.4. The van der Waals surface area contributed by atoms with E-state index in [4.69, 9.17) is 0 Å². The third kappa shape index (κ3) is 4.44. The normalized spacial score (nSPS) is 17.7. The van der Waals surface area contributed by atoms with Gasteiger partial charge in [-0.05, 0) is 78.7 Å². The first kappa shape index (κ1) is 21.5. The van der Waals surface area contributed by atoms with Crippen molar-refractivity contribution in [3.8, 4) is 0 Å². The molecule has 2 heterocycles. The molecule has 2 aromatic carbocycles. The number of pyridine rings is 1. The van der Waals surface area contributed by atoms with Crippen molar-refractivity contribution in [2.24, 2.45) is 0 Å². The summed E-state index contributed by atoms with van der Waals surface area (Å²) in [6.07, 6.45) is 8.05. The van der Waals surface area contributed by atoms with E-state index in [1.165, 1.54) is 59.6 Å². The molecule has 1 aromatic heterocycles. The summed E-state index contributed by atoms with van der Waals surface area (Å²) < 4.78 is 0. The Morgan fingerprint density at radius 1 is 1.15 bits per heavy atom. The van der Waals surface area contributed by atoms with E-state index in [9.17, 15) is 9.90 Å². The van der Waals surface area contributed by atoms with Gasteiger partial charge in [0.25, 0.3) is 0 Å². The number of carbonyl (C=O) groups is 1. The van der Waals surface area contributed by atoms with Gasteiger partial charge < -0.3 is 20.6 Å². The van der Waals surface area contributed by atoms with Crippen LogP contribution in [0.25, 0.3) is 0 Å². The van der Waals surface area contributed by atoms with Crippen LogP contribution in [0.15, 0.2) is 60.9 Å². The molecule has 170 valence electrons. The molecule has 0 amide bonds. The molecule has 1 atom stereocenters. The Morgan fingerprint density at radius 3 is 2.67 bits per heavy atom. The van der Waals surface area contributed by atoms with E-state index in [1.807, 2.05) is 0 Å². The molecule has 1 aliphatic heterocycles. The van der Waals surface area contributed by atoms with Crippen LogP contribution in [-0.2, 0) is 6.42 Å². The minimum Gasteiger partial charge on any atom is -0.478 e. The smallest absolute Gasteiger partial charge is 0.337 e. The number of carboxylic acid groups (broad SMARTS) is 1. The highest BCUT2D eigenvalue weighted by molar-refractivity contribution is 5.93. The maximum atomic E-state index is 11.5. The Hall–Kier alpha value is -3.38. The number of hydrogen-bond donors (Lipinski definition) is 3. The number of aromatic nitrogens is 1. The van der Waals surface area contributed by atoms with Crippen LogP contribution in [0.4, 0.5) is 17.1 Å². The fraction of sp³-hybridized carbons (Fsp3) is 0.333. The number of carboxylic acids is 1. The monoisotopic (exact) mass is 442 g/mol. The van der Waals surface area contributed by atoms with Gasteiger partial charge in [-0.2, -0.15) is 0 Å². The largest absolute Gasteiger partial charge is 0.478 e. The van der Waals surface area contributed by atoms with Gasteiger partial charge in [0.2, 0.25) is 0 Å². The highest BCUT2D eigenvalue weighted by Gasteiger charge is 2.22. The summed E-state index contributed by atoms with van der Waals surface area (Å²) in [6, 6.07) is 17.3. The number of anilines is 3. The van der Waals surface area contributed by atoms with Gasteiger partial charge in [-0.15, -0.1) is 0 Å². The van der Waals surface area contributed by atoms with Crippen molar-refractivity contribution in [2.75, 3.05) is 30.4 Å². The van der Waals surface area contributed by atoms with Gasteiger partial charge in [-0.25, -0.2) is 4.79 Å². The fourth-order valence-electron chi connectivity index (χ4n) is 4.82. The third-order valence-electron chi connectivity index (χ3n) is 7.08. The quantitative estimate of drug-likeness (QED) is 0.472. The number of fused-ring (bicyclic) bond motifs is 1. The van der Waals surface area contributed by atoms with Crippen LogP contribution >= 0.6 is 0 Å². The molecule has 0 bridgehead atoms. The molecule has 3 aromatic rings. The van der Waals surface area contributed by atoms with E-state index in [-0.39, 0.29) is 11.6 Å². The predicted molar refractivity (Wildman–Crippen MR) is 132 cm³/mol. The van der Waals surface area contributed by atoms with Crippen LogP contribution in [0.1, 0.15) is 58.3 Å². The molecular weight excluding hydrogens is 412 g/mol. The Morgan fingerprint density at radius 2 is 1.94 bits per heavy atom. The number of hydrogen-bond acceptors (Lipinski definition) is 5. The zero-order chi connectivity index (χ0) is 22.8. The lowest BCUT2D eigenvalue weighted by Crippen LogP contribution is -2.34. The predicted octanol–water partition coefficient (Wildman–Crippen LogP) is 5.11. The first-order chi connectivity index (χ1) is 16.1. The fourth-order valence-corrected chi connectivity index (χ4v) is 4.82. The summed E-state index contributed by atoms with van der Waals surface area (Å²) in [5, 5.41) is 16.2. The van der Waals surface area contributed by atoms with Gasteiger partial charge in [0, 0.05) is 37.2 Å². The molecule has 0 unspecified atom stereocenters. The number of nitrogens with one attached hydrogen (secondary N) is 2. The second-order valence-electron chi connectivity index (χ2n) is 9.03. The van der Waals surface area contributed by atoms with E-state index in [0.717, 1.165) is 18.9 Å². The van der Waals surface area contributed by atoms with Crippen LogP contribution in [0, 0.1) is 0 Å². The van der Waals surface area contributed by atoms with E-state index >= 15 is 0 Å². The molecule has 2 aliphatic rings. The molecule has 0 spiro atoms. The lowest BCUT2D eigenvalue weighted by atomic mass is 9.80. The SMILES string of the molecule is CN(c1ccc(C2CCC2)cc1)c1ccc2c(c1)CCN[C@@H]2CNc1cnccc1C(=O)O. The number of benzene rings is 2. The standard InChI is InChI=1S/C27H30N4O2/c1-31(21-7-5-19(6-8-21)18-3-2-4-18)22-9-10-23-20(15-22)11-14-29-26(23)17-30-25-16-28-13-12-24(25)27(32)33/h5-10,12-13,15-16,18,26,29-30H,2-4,11,14,17H2,1H3,(H,32,33)/t26-/m1/s1. The zero-order valence-electron chi connectivity index (χ0n) is 18.9. The average molecular weight is 443 g/mol. The minimum atomic E-state index is -0.953. The second kappa shape index (κ2) is 9.24. The average Bonchev–Trinajstić information content (AvgIpc) is 2.81. The summed E-state index contributed by atoms with van der Waals surface area (Å²) in [4.78, 5) is 17.8. The first-order valence-electron chi connectivity index (χ1n) is 11.7. The van der Waals surface area contributed by atoms with Gasteiger partial charge >= 0.3 is 5.97 Å². The number of aromatic carboxylic acids is 1. The zero-order valence-corrected chi connectivity index (χ0v) is 18.9. The number of nitrogens with zero attached hydrogens (tertiary/aromatic N) is 2. The van der Waals surface area contributed by atoms with Crippen molar-refractivity contribution >= 4 is 23.0 Å². The van der Waals surface area contributed by atoms with Crippen LogP contribution in [-0.4, -0.2) is 36.2 Å². The lowest BCUT2D eigenvalue weighted by Gasteiger charge is -2.30. The summed E-state index contributed by atoms with van der Waals surface area (Å²) in [5.74, 6) is -0.199. The van der Waals surface area contributed by atoms with Gasteiger partial charge in [-0.1, -0.05) is 24.6 Å². The van der Waals surface area contributed by atoms with E-state index in [1.54, 1.807) is 6.20 Å². The van der Waals surface area contributed by atoms with Crippen molar-refractivity contribution < 1.29 is 9.90 Å². The summed E-state index contributed by atoms with van der Waals surface area (Å²) >= 11 is 0. The molecule has 3 N–H and O–H groups in total. The summed E-state index contributed by atoms with van der Waals surface area (Å²) in [5.41, 5.74) is 7.21. The summed E-state index contributed by atoms with van der Waals surface area (Å²) in [7, 11) is 2.12. The van der Waals surface area contributed by atoms with Crippen molar-refractivity contribution in [3.63, 3.8) is 0 Å². The second-order valence-corrected chi connectivity index (χ2v) is 9.03. The molecule has 1 aliphatic carbocycles. The Bertz CT molecular complexity index is 1140. The molecule has 0 radical (unpaired) electrons. The molecule has 6 heteroatoms. The molecule has 6 nitrogen and oxygen atoms in total. The Kier molecular flexibility index (Phi) is 6.01. The maximum Gasteiger partial charge on any atom is 0.337 e.